The molecule has 2 aromatic rings. The molecule has 0 saturated heterocycles. The van der Waals surface area contributed by atoms with Gasteiger partial charge < -0.3 is 0 Å². The Morgan fingerprint density at radius 2 is 2.12 bits per heavy atom. The van der Waals surface area contributed by atoms with Gasteiger partial charge in [-0.05, 0) is 12.1 Å². The van der Waals surface area contributed by atoms with Crippen molar-refractivity contribution in [2.24, 2.45) is 0 Å². The molecule has 0 aliphatic carbocycles. The second-order valence-corrected chi connectivity index (χ2v) is 3.14. The van der Waals surface area contributed by atoms with Crippen LogP contribution in [-0.2, 0) is 6.54 Å². The molecule has 0 aliphatic rings. The molecule has 76 valence electrons. The lowest BCUT2D eigenvalue weighted by Gasteiger charge is -1.95. The maximum Gasteiger partial charge on any atom is 0.110 e. The first-order chi connectivity index (χ1) is 7.85. The van der Waals surface area contributed by atoms with Gasteiger partial charge in [0.15, 0.2) is 0 Å². The van der Waals surface area contributed by atoms with E-state index in [9.17, 15) is 0 Å². The van der Waals surface area contributed by atoms with Gasteiger partial charge in [0.25, 0.3) is 0 Å². The number of nitriles is 1. The van der Waals surface area contributed by atoms with E-state index in [0.717, 1.165) is 5.56 Å². The molecule has 0 aromatic carbocycles. The summed E-state index contributed by atoms with van der Waals surface area (Å²) in [5.41, 5.74) is 2.02. The Morgan fingerprint density at radius 1 is 1.38 bits per heavy atom. The summed E-state index contributed by atoms with van der Waals surface area (Å²) in [5, 5.41) is 13.3. The van der Waals surface area contributed by atoms with Crippen molar-refractivity contribution in [1.29, 1.82) is 5.26 Å². The average Bonchev–Trinajstić information content (AvgIpc) is 2.74. The molecular weight excluding hydrogens is 200 g/mol. The molecule has 0 unspecified atom stereocenters. The zero-order valence-electron chi connectivity index (χ0n) is 8.46. The fourth-order valence-electron chi connectivity index (χ4n) is 1.40. The van der Waals surface area contributed by atoms with Crippen LogP contribution < -0.4 is 0 Å². The Morgan fingerprint density at radius 3 is 2.75 bits per heavy atom. The maximum absolute atomic E-state index is 8.99. The first-order valence-electron chi connectivity index (χ1n) is 4.66. The van der Waals surface area contributed by atoms with Crippen LogP contribution in [0.15, 0.2) is 30.7 Å². The molecule has 16 heavy (non-hydrogen) atoms. The smallest absolute Gasteiger partial charge is 0.110 e. The molecule has 2 heterocycles. The quantitative estimate of drug-likeness (QED) is 0.702. The highest BCUT2D eigenvalue weighted by Crippen LogP contribution is 2.20. The summed E-state index contributed by atoms with van der Waals surface area (Å²) in [7, 11) is 0. The standard InChI is InChI=1S/C12H8N4/c1-2-7-16-9-11(8-13)12(15-16)10-3-5-14-6-4-10/h1,3-6,9H,7H2. The van der Waals surface area contributed by atoms with E-state index in [2.05, 4.69) is 22.1 Å². The summed E-state index contributed by atoms with van der Waals surface area (Å²) >= 11 is 0. The van der Waals surface area contributed by atoms with Crippen LogP contribution in [0.2, 0.25) is 0 Å². The molecule has 0 saturated carbocycles. The number of pyridine rings is 1. The van der Waals surface area contributed by atoms with E-state index in [4.69, 9.17) is 11.7 Å². The minimum atomic E-state index is 0.361. The minimum Gasteiger partial charge on any atom is -0.265 e. The van der Waals surface area contributed by atoms with E-state index in [-0.39, 0.29) is 0 Å². The van der Waals surface area contributed by atoms with Gasteiger partial charge in [-0.25, -0.2) is 0 Å². The van der Waals surface area contributed by atoms with Gasteiger partial charge in [-0.15, -0.1) is 6.42 Å². The van der Waals surface area contributed by atoms with Crippen molar-refractivity contribution in [2.45, 2.75) is 6.54 Å². The van der Waals surface area contributed by atoms with Crippen LogP contribution in [0, 0.1) is 23.7 Å². The van der Waals surface area contributed by atoms with Crippen LogP contribution in [0.4, 0.5) is 0 Å². The molecule has 0 N–H and O–H groups in total. The lowest BCUT2D eigenvalue weighted by molar-refractivity contribution is 0.718. The summed E-state index contributed by atoms with van der Waals surface area (Å²) in [6.45, 7) is 0.361. The van der Waals surface area contributed by atoms with Gasteiger partial charge in [0.2, 0.25) is 0 Å². The number of terminal acetylenes is 1. The van der Waals surface area contributed by atoms with E-state index < -0.39 is 0 Å². The summed E-state index contributed by atoms with van der Waals surface area (Å²) < 4.78 is 1.58. The molecule has 0 aliphatic heterocycles. The normalized spacial score (nSPS) is 9.38. The molecule has 0 bridgehead atoms. The predicted molar refractivity (Wildman–Crippen MR) is 59.0 cm³/mol. The third-order valence-corrected chi connectivity index (χ3v) is 2.09. The maximum atomic E-state index is 8.99. The second kappa shape index (κ2) is 4.29. The Hall–Kier alpha value is -2.59. The van der Waals surface area contributed by atoms with Gasteiger partial charge >= 0.3 is 0 Å². The highest BCUT2D eigenvalue weighted by Gasteiger charge is 2.09. The Bertz CT molecular complexity index is 569. The molecule has 4 nitrogen and oxygen atoms in total. The van der Waals surface area contributed by atoms with Gasteiger partial charge in [-0.3, -0.25) is 9.67 Å². The van der Waals surface area contributed by atoms with Crippen LogP contribution in [0.3, 0.4) is 0 Å². The molecule has 0 radical (unpaired) electrons. The number of rotatable bonds is 2. The molecule has 2 aromatic heterocycles. The molecule has 4 heteroatoms. The summed E-state index contributed by atoms with van der Waals surface area (Å²) in [4.78, 5) is 3.92. The Balaban J connectivity index is 2.50. The van der Waals surface area contributed by atoms with E-state index >= 15 is 0 Å². The predicted octanol–water partition coefficient (Wildman–Crippen LogP) is 1.45. The third kappa shape index (κ3) is 1.77. The van der Waals surface area contributed by atoms with E-state index in [1.807, 2.05) is 12.1 Å². The lowest BCUT2D eigenvalue weighted by Crippen LogP contribution is -1.95. The fraction of sp³-hybridized carbons (Fsp3) is 0.0833. The fourth-order valence-corrected chi connectivity index (χ4v) is 1.40. The number of aromatic nitrogens is 3. The first kappa shape index (κ1) is 9.95. The molecule has 0 fully saturated rings. The summed E-state index contributed by atoms with van der Waals surface area (Å²) in [5.74, 6) is 2.48. The van der Waals surface area contributed by atoms with Gasteiger partial charge in [0.1, 0.15) is 18.3 Å². The topological polar surface area (TPSA) is 54.5 Å². The van der Waals surface area contributed by atoms with Gasteiger partial charge in [-0.2, -0.15) is 10.4 Å². The monoisotopic (exact) mass is 208 g/mol. The average molecular weight is 208 g/mol. The lowest BCUT2D eigenvalue weighted by atomic mass is 10.1. The summed E-state index contributed by atoms with van der Waals surface area (Å²) in [6, 6.07) is 5.72. The Labute approximate surface area is 93.2 Å². The Kier molecular flexibility index (Phi) is 2.67. The van der Waals surface area contributed by atoms with Crippen molar-refractivity contribution in [3.63, 3.8) is 0 Å². The molecule has 2 rings (SSSR count). The van der Waals surface area contributed by atoms with Crippen molar-refractivity contribution in [3.8, 4) is 29.7 Å². The molecule has 0 atom stereocenters. The number of nitrogens with zero attached hydrogens (tertiary/aromatic N) is 4. The SMILES string of the molecule is C#CCn1cc(C#N)c(-c2ccncc2)n1. The number of hydrogen-bond acceptors (Lipinski definition) is 3. The van der Waals surface area contributed by atoms with Crippen LogP contribution >= 0.6 is 0 Å². The van der Waals surface area contributed by atoms with Crippen molar-refractivity contribution >= 4 is 0 Å². The van der Waals surface area contributed by atoms with E-state index in [1.165, 1.54) is 0 Å². The van der Waals surface area contributed by atoms with E-state index in [0.29, 0.717) is 17.8 Å². The largest absolute Gasteiger partial charge is 0.265 e. The van der Waals surface area contributed by atoms with Crippen LogP contribution in [0.5, 0.6) is 0 Å². The van der Waals surface area contributed by atoms with E-state index in [1.54, 1.807) is 23.3 Å². The van der Waals surface area contributed by atoms with Crippen molar-refractivity contribution in [2.75, 3.05) is 0 Å². The van der Waals surface area contributed by atoms with Crippen molar-refractivity contribution in [3.05, 3.63) is 36.3 Å². The molecule has 0 spiro atoms. The summed E-state index contributed by atoms with van der Waals surface area (Å²) in [6.07, 6.45) is 10.2. The van der Waals surface area contributed by atoms with Gasteiger partial charge in [0, 0.05) is 24.2 Å². The molecular formula is C12H8N4. The van der Waals surface area contributed by atoms with Gasteiger partial charge in [-0.1, -0.05) is 5.92 Å². The van der Waals surface area contributed by atoms with Gasteiger partial charge in [0.05, 0.1) is 5.56 Å². The highest BCUT2D eigenvalue weighted by atomic mass is 15.3. The highest BCUT2D eigenvalue weighted by molar-refractivity contribution is 5.65. The molecule has 0 amide bonds. The first-order valence-corrected chi connectivity index (χ1v) is 4.66. The zero-order chi connectivity index (χ0) is 11.4. The van der Waals surface area contributed by atoms with Crippen molar-refractivity contribution < 1.29 is 0 Å². The number of hydrogen-bond donors (Lipinski definition) is 0. The van der Waals surface area contributed by atoms with Crippen LogP contribution in [-0.4, -0.2) is 14.8 Å². The van der Waals surface area contributed by atoms with Crippen LogP contribution in [0.1, 0.15) is 5.56 Å². The van der Waals surface area contributed by atoms with Crippen molar-refractivity contribution in [1.82, 2.24) is 14.8 Å². The minimum absolute atomic E-state index is 0.361. The van der Waals surface area contributed by atoms with Crippen LogP contribution in [0.25, 0.3) is 11.3 Å². The third-order valence-electron chi connectivity index (χ3n) is 2.09. The second-order valence-electron chi connectivity index (χ2n) is 3.14. The zero-order valence-corrected chi connectivity index (χ0v) is 8.46.